The number of rotatable bonds is 3. The third-order valence-electron chi connectivity index (χ3n) is 4.66. The van der Waals surface area contributed by atoms with Crippen molar-refractivity contribution >= 4 is 5.69 Å². The maximum Gasteiger partial charge on any atom is 0.258 e. The number of hydrogen-bond donors (Lipinski definition) is 1. The minimum atomic E-state index is 0.443. The van der Waals surface area contributed by atoms with Crippen molar-refractivity contribution in [1.82, 2.24) is 10.1 Å². The van der Waals surface area contributed by atoms with Crippen molar-refractivity contribution in [2.24, 2.45) is 11.8 Å². The molecule has 2 N–H and O–H groups in total. The monoisotopic (exact) mass is 285 g/mol. The van der Waals surface area contributed by atoms with Gasteiger partial charge in [-0.1, -0.05) is 25.1 Å². The van der Waals surface area contributed by atoms with Crippen LogP contribution in [-0.2, 0) is 0 Å². The van der Waals surface area contributed by atoms with E-state index in [1.165, 1.54) is 25.7 Å². The van der Waals surface area contributed by atoms with Crippen molar-refractivity contribution in [2.45, 2.75) is 45.4 Å². The molecule has 1 aliphatic carbocycles. The summed E-state index contributed by atoms with van der Waals surface area (Å²) in [5, 5.41) is 4.19. The van der Waals surface area contributed by atoms with Crippen LogP contribution in [0.15, 0.2) is 28.8 Å². The molecule has 21 heavy (non-hydrogen) atoms. The Bertz CT molecular complexity index is 598. The highest BCUT2D eigenvalue weighted by atomic mass is 16.5. The second-order valence-corrected chi connectivity index (χ2v) is 6.44. The molecule has 1 aliphatic rings. The molecule has 0 unspecified atom stereocenters. The lowest BCUT2D eigenvalue weighted by Crippen LogP contribution is -2.18. The quantitative estimate of drug-likeness (QED) is 0.856. The number of nitrogen functional groups attached to an aromatic ring is 1. The van der Waals surface area contributed by atoms with Gasteiger partial charge in [0.2, 0.25) is 0 Å². The van der Waals surface area contributed by atoms with Crippen LogP contribution < -0.4 is 5.73 Å². The first-order valence-corrected chi connectivity index (χ1v) is 7.83. The zero-order valence-electron chi connectivity index (χ0n) is 12.7. The van der Waals surface area contributed by atoms with Crippen molar-refractivity contribution in [3.8, 4) is 11.5 Å². The van der Waals surface area contributed by atoms with Gasteiger partial charge >= 0.3 is 0 Å². The summed E-state index contributed by atoms with van der Waals surface area (Å²) in [5.41, 5.74) is 7.41. The minimum Gasteiger partial charge on any atom is -0.399 e. The van der Waals surface area contributed by atoms with Crippen LogP contribution >= 0.6 is 0 Å². The Morgan fingerprint density at radius 1 is 1.19 bits per heavy atom. The van der Waals surface area contributed by atoms with E-state index in [-0.39, 0.29) is 0 Å². The lowest BCUT2D eigenvalue weighted by Gasteiger charge is -2.29. The molecule has 1 aromatic carbocycles. The van der Waals surface area contributed by atoms with Crippen LogP contribution in [0.2, 0.25) is 0 Å². The Balaban J connectivity index is 1.71. The number of nitrogens with zero attached hydrogens (tertiary/aromatic N) is 2. The number of anilines is 1. The van der Waals surface area contributed by atoms with Crippen LogP contribution in [0.1, 0.15) is 51.3 Å². The van der Waals surface area contributed by atoms with E-state index < -0.39 is 0 Å². The van der Waals surface area contributed by atoms with E-state index in [0.717, 1.165) is 23.2 Å². The summed E-state index contributed by atoms with van der Waals surface area (Å²) in [4.78, 5) is 4.58. The highest BCUT2D eigenvalue weighted by Gasteiger charge is 2.27. The predicted molar refractivity (Wildman–Crippen MR) is 83.7 cm³/mol. The van der Waals surface area contributed by atoms with E-state index in [9.17, 15) is 0 Å². The minimum absolute atomic E-state index is 0.443. The van der Waals surface area contributed by atoms with Gasteiger partial charge in [-0.25, -0.2) is 0 Å². The number of aromatic nitrogens is 2. The van der Waals surface area contributed by atoms with Crippen LogP contribution in [0, 0.1) is 11.8 Å². The first-order valence-electron chi connectivity index (χ1n) is 7.83. The molecule has 0 amide bonds. The third kappa shape index (κ3) is 3.09. The van der Waals surface area contributed by atoms with Gasteiger partial charge in [-0.2, -0.15) is 4.98 Å². The molecule has 3 rings (SSSR count). The Morgan fingerprint density at radius 2 is 1.95 bits per heavy atom. The average molecular weight is 285 g/mol. The van der Waals surface area contributed by atoms with Gasteiger partial charge < -0.3 is 10.3 Å². The van der Waals surface area contributed by atoms with Gasteiger partial charge in [-0.05, 0) is 55.7 Å². The Hall–Kier alpha value is -1.84. The van der Waals surface area contributed by atoms with Gasteiger partial charge in [-0.3, -0.25) is 0 Å². The van der Waals surface area contributed by atoms with Crippen molar-refractivity contribution in [3.05, 3.63) is 30.1 Å². The topological polar surface area (TPSA) is 64.9 Å². The normalized spacial score (nSPS) is 22.6. The van der Waals surface area contributed by atoms with Crippen LogP contribution in [0.25, 0.3) is 11.5 Å². The van der Waals surface area contributed by atoms with Gasteiger partial charge in [-0.15, -0.1) is 0 Å². The fraction of sp³-hybridized carbons (Fsp3) is 0.529. The van der Waals surface area contributed by atoms with Crippen LogP contribution in [0.4, 0.5) is 5.69 Å². The Kier molecular flexibility index (Phi) is 3.95. The highest BCUT2D eigenvalue weighted by molar-refractivity contribution is 5.59. The molecule has 4 heteroatoms. The molecule has 0 atom stereocenters. The molecule has 1 fully saturated rings. The summed E-state index contributed by atoms with van der Waals surface area (Å²) in [6, 6.07) is 7.58. The maximum absolute atomic E-state index is 5.80. The Morgan fingerprint density at radius 3 is 2.62 bits per heavy atom. The number of nitrogens with two attached hydrogens (primary N) is 1. The standard InChI is InChI=1S/C17H23N3O/c1-11(2)12-6-8-13(9-7-12)16-19-17(21-20-16)14-4-3-5-15(18)10-14/h3-5,10-13H,6-9,18H2,1-2H3. The van der Waals surface area contributed by atoms with Crippen LogP contribution in [0.3, 0.4) is 0 Å². The molecule has 1 heterocycles. The van der Waals surface area contributed by atoms with E-state index >= 15 is 0 Å². The SMILES string of the molecule is CC(C)C1CCC(c2noc(-c3cccc(N)c3)n2)CC1. The summed E-state index contributed by atoms with van der Waals surface area (Å²) < 4.78 is 5.42. The van der Waals surface area contributed by atoms with Gasteiger partial charge in [0.05, 0.1) is 0 Å². The molecule has 0 aliphatic heterocycles. The van der Waals surface area contributed by atoms with E-state index in [0.29, 0.717) is 17.5 Å². The molecular formula is C17H23N3O. The summed E-state index contributed by atoms with van der Waals surface area (Å²) in [5.74, 6) is 3.50. The fourth-order valence-corrected chi connectivity index (χ4v) is 3.23. The summed E-state index contributed by atoms with van der Waals surface area (Å²) >= 11 is 0. The van der Waals surface area contributed by atoms with E-state index in [1.807, 2.05) is 24.3 Å². The smallest absolute Gasteiger partial charge is 0.258 e. The molecule has 112 valence electrons. The third-order valence-corrected chi connectivity index (χ3v) is 4.66. The van der Waals surface area contributed by atoms with Gasteiger partial charge in [0.15, 0.2) is 5.82 Å². The van der Waals surface area contributed by atoms with Crippen molar-refractivity contribution in [2.75, 3.05) is 5.73 Å². The van der Waals surface area contributed by atoms with E-state index in [1.54, 1.807) is 0 Å². The van der Waals surface area contributed by atoms with E-state index in [4.69, 9.17) is 10.3 Å². The first-order chi connectivity index (χ1) is 10.1. The van der Waals surface area contributed by atoms with Crippen molar-refractivity contribution in [1.29, 1.82) is 0 Å². The fourth-order valence-electron chi connectivity index (χ4n) is 3.23. The summed E-state index contributed by atoms with van der Waals surface area (Å²) in [6.07, 6.45) is 4.87. The molecule has 1 saturated carbocycles. The number of benzene rings is 1. The lowest BCUT2D eigenvalue weighted by atomic mass is 9.77. The molecule has 0 saturated heterocycles. The van der Waals surface area contributed by atoms with Crippen LogP contribution in [-0.4, -0.2) is 10.1 Å². The van der Waals surface area contributed by atoms with Crippen LogP contribution in [0.5, 0.6) is 0 Å². The Labute approximate surface area is 125 Å². The van der Waals surface area contributed by atoms with Gasteiger partial charge in [0.25, 0.3) is 5.89 Å². The first kappa shape index (κ1) is 14.1. The second kappa shape index (κ2) is 5.88. The maximum atomic E-state index is 5.80. The van der Waals surface area contributed by atoms with Gasteiger partial charge in [0, 0.05) is 17.2 Å². The second-order valence-electron chi connectivity index (χ2n) is 6.44. The largest absolute Gasteiger partial charge is 0.399 e. The van der Waals surface area contributed by atoms with Crippen molar-refractivity contribution in [3.63, 3.8) is 0 Å². The molecule has 0 bridgehead atoms. The zero-order valence-corrected chi connectivity index (χ0v) is 12.7. The molecular weight excluding hydrogens is 262 g/mol. The molecule has 1 aromatic heterocycles. The average Bonchev–Trinajstić information content (AvgIpc) is 2.97. The highest BCUT2D eigenvalue weighted by Crippen LogP contribution is 2.38. The molecule has 4 nitrogen and oxygen atoms in total. The predicted octanol–water partition coefficient (Wildman–Crippen LogP) is 4.25. The van der Waals surface area contributed by atoms with Crippen molar-refractivity contribution < 1.29 is 4.52 Å². The van der Waals surface area contributed by atoms with E-state index in [2.05, 4.69) is 24.0 Å². The zero-order chi connectivity index (χ0) is 14.8. The lowest BCUT2D eigenvalue weighted by molar-refractivity contribution is 0.252. The molecule has 2 aromatic rings. The van der Waals surface area contributed by atoms with Gasteiger partial charge in [0.1, 0.15) is 0 Å². The summed E-state index contributed by atoms with van der Waals surface area (Å²) in [7, 11) is 0. The molecule has 0 radical (unpaired) electrons. The molecule has 0 spiro atoms. The summed E-state index contributed by atoms with van der Waals surface area (Å²) in [6.45, 7) is 4.63. The number of hydrogen-bond acceptors (Lipinski definition) is 4.